The zero-order valence-corrected chi connectivity index (χ0v) is 11.9. The molecule has 94 valence electrons. The molecule has 0 aliphatic heterocycles. The standard InChI is InChI=1S/C13H18BrNO2/c1-9(2)12(13(16)17)15(3)8-10-6-4-5-7-11(10)14/h4-7,9,12H,8H2,1-3H3,(H,16,17). The molecular weight excluding hydrogens is 282 g/mol. The highest BCUT2D eigenvalue weighted by Crippen LogP contribution is 2.20. The molecule has 3 nitrogen and oxygen atoms in total. The number of carboxylic acids is 1. The van der Waals surface area contributed by atoms with Crippen molar-refractivity contribution in [1.29, 1.82) is 0 Å². The first-order chi connectivity index (χ1) is 7.93. The van der Waals surface area contributed by atoms with Gasteiger partial charge in [-0.3, -0.25) is 9.69 Å². The lowest BCUT2D eigenvalue weighted by Gasteiger charge is -2.27. The summed E-state index contributed by atoms with van der Waals surface area (Å²) in [6.45, 7) is 4.47. The van der Waals surface area contributed by atoms with E-state index in [-0.39, 0.29) is 5.92 Å². The van der Waals surface area contributed by atoms with E-state index in [1.807, 2.05) is 50.1 Å². The van der Waals surface area contributed by atoms with E-state index in [1.54, 1.807) is 0 Å². The van der Waals surface area contributed by atoms with E-state index in [1.165, 1.54) is 0 Å². The maximum Gasteiger partial charge on any atom is 0.321 e. The molecule has 0 radical (unpaired) electrons. The van der Waals surface area contributed by atoms with Gasteiger partial charge in [-0.1, -0.05) is 48.0 Å². The van der Waals surface area contributed by atoms with Gasteiger partial charge < -0.3 is 5.11 Å². The van der Waals surface area contributed by atoms with Crippen LogP contribution in [0.25, 0.3) is 0 Å². The summed E-state index contributed by atoms with van der Waals surface area (Å²) in [5.41, 5.74) is 1.10. The number of hydrogen-bond acceptors (Lipinski definition) is 2. The molecule has 1 unspecified atom stereocenters. The summed E-state index contributed by atoms with van der Waals surface area (Å²) in [6.07, 6.45) is 0. The average Bonchev–Trinajstić information content (AvgIpc) is 2.20. The van der Waals surface area contributed by atoms with Crippen LogP contribution >= 0.6 is 15.9 Å². The van der Waals surface area contributed by atoms with Crippen LogP contribution in [-0.4, -0.2) is 29.1 Å². The highest BCUT2D eigenvalue weighted by atomic mass is 79.9. The maximum absolute atomic E-state index is 11.2. The van der Waals surface area contributed by atoms with Gasteiger partial charge in [0.2, 0.25) is 0 Å². The van der Waals surface area contributed by atoms with Gasteiger partial charge in [0.15, 0.2) is 0 Å². The second-order valence-electron chi connectivity index (χ2n) is 4.53. The van der Waals surface area contributed by atoms with E-state index in [4.69, 9.17) is 0 Å². The Morgan fingerprint density at radius 2 is 2.00 bits per heavy atom. The van der Waals surface area contributed by atoms with E-state index >= 15 is 0 Å². The van der Waals surface area contributed by atoms with E-state index in [0.29, 0.717) is 6.54 Å². The van der Waals surface area contributed by atoms with Crippen LogP contribution in [0.3, 0.4) is 0 Å². The SMILES string of the molecule is CC(C)C(C(=O)O)N(C)Cc1ccccc1Br. The number of benzene rings is 1. The third-order valence-corrected chi connectivity index (χ3v) is 3.51. The van der Waals surface area contributed by atoms with E-state index in [0.717, 1.165) is 10.0 Å². The molecule has 1 aromatic carbocycles. The smallest absolute Gasteiger partial charge is 0.321 e. The van der Waals surface area contributed by atoms with Crippen molar-refractivity contribution in [2.24, 2.45) is 5.92 Å². The molecule has 1 aromatic rings. The van der Waals surface area contributed by atoms with Crippen LogP contribution in [0.1, 0.15) is 19.4 Å². The van der Waals surface area contributed by atoms with Crippen molar-refractivity contribution >= 4 is 21.9 Å². The number of rotatable bonds is 5. The molecule has 0 heterocycles. The molecule has 0 saturated heterocycles. The normalized spacial score (nSPS) is 13.1. The average molecular weight is 300 g/mol. The number of halogens is 1. The second kappa shape index (κ2) is 6.17. The minimum Gasteiger partial charge on any atom is -0.480 e. The van der Waals surface area contributed by atoms with Gasteiger partial charge in [0.25, 0.3) is 0 Å². The summed E-state index contributed by atoms with van der Waals surface area (Å²) in [5.74, 6) is -0.686. The summed E-state index contributed by atoms with van der Waals surface area (Å²) in [6, 6.07) is 7.42. The van der Waals surface area contributed by atoms with Crippen molar-refractivity contribution < 1.29 is 9.90 Å². The molecule has 0 aliphatic carbocycles. The molecule has 0 aliphatic rings. The highest BCUT2D eigenvalue weighted by molar-refractivity contribution is 9.10. The number of carbonyl (C=O) groups is 1. The Kier molecular flexibility index (Phi) is 5.15. The van der Waals surface area contributed by atoms with Crippen LogP contribution in [0.5, 0.6) is 0 Å². The third kappa shape index (κ3) is 3.82. The third-order valence-electron chi connectivity index (χ3n) is 2.74. The maximum atomic E-state index is 11.2. The van der Waals surface area contributed by atoms with Crippen LogP contribution in [0, 0.1) is 5.92 Å². The van der Waals surface area contributed by atoms with Crippen molar-refractivity contribution in [2.45, 2.75) is 26.4 Å². The molecule has 1 rings (SSSR count). The van der Waals surface area contributed by atoms with Crippen LogP contribution in [0.15, 0.2) is 28.7 Å². The lowest BCUT2D eigenvalue weighted by Crippen LogP contribution is -2.41. The highest BCUT2D eigenvalue weighted by Gasteiger charge is 2.26. The van der Waals surface area contributed by atoms with Gasteiger partial charge in [-0.15, -0.1) is 0 Å². The fourth-order valence-electron chi connectivity index (χ4n) is 1.98. The number of nitrogens with zero attached hydrogens (tertiary/aromatic N) is 1. The van der Waals surface area contributed by atoms with Crippen molar-refractivity contribution in [3.63, 3.8) is 0 Å². The largest absolute Gasteiger partial charge is 0.480 e. The molecular formula is C13H18BrNO2. The minimum absolute atomic E-state index is 0.0833. The van der Waals surface area contributed by atoms with Crippen LogP contribution < -0.4 is 0 Å². The molecule has 0 amide bonds. The van der Waals surface area contributed by atoms with Gasteiger partial charge in [0.1, 0.15) is 6.04 Å². The summed E-state index contributed by atoms with van der Waals surface area (Å²) in [4.78, 5) is 13.1. The Hall–Kier alpha value is -0.870. The number of hydrogen-bond donors (Lipinski definition) is 1. The molecule has 17 heavy (non-hydrogen) atoms. The van der Waals surface area contributed by atoms with Crippen molar-refractivity contribution in [3.05, 3.63) is 34.3 Å². The van der Waals surface area contributed by atoms with Crippen molar-refractivity contribution in [1.82, 2.24) is 4.90 Å². The molecule has 4 heteroatoms. The molecule has 0 fully saturated rings. The Labute approximate surface area is 111 Å². The summed E-state index contributed by atoms with van der Waals surface area (Å²) >= 11 is 3.47. The number of likely N-dealkylation sites (N-methyl/N-ethyl adjacent to an activating group) is 1. The predicted octanol–water partition coefficient (Wildman–Crippen LogP) is 2.99. The van der Waals surface area contributed by atoms with Crippen molar-refractivity contribution in [2.75, 3.05) is 7.05 Å². The van der Waals surface area contributed by atoms with Gasteiger partial charge in [0.05, 0.1) is 0 Å². The molecule has 0 saturated carbocycles. The number of aliphatic carboxylic acids is 1. The zero-order valence-electron chi connectivity index (χ0n) is 10.4. The lowest BCUT2D eigenvalue weighted by molar-refractivity contribution is -0.144. The first-order valence-corrected chi connectivity index (χ1v) is 6.39. The Morgan fingerprint density at radius 1 is 1.41 bits per heavy atom. The molecule has 0 aromatic heterocycles. The van der Waals surface area contributed by atoms with Gasteiger partial charge in [-0.25, -0.2) is 0 Å². The Morgan fingerprint density at radius 3 is 2.47 bits per heavy atom. The Bertz CT molecular complexity index is 393. The van der Waals surface area contributed by atoms with Gasteiger partial charge in [-0.05, 0) is 24.6 Å². The Balaban J connectivity index is 2.81. The first-order valence-electron chi connectivity index (χ1n) is 5.60. The quantitative estimate of drug-likeness (QED) is 0.909. The van der Waals surface area contributed by atoms with Crippen LogP contribution in [0.2, 0.25) is 0 Å². The van der Waals surface area contributed by atoms with Crippen LogP contribution in [-0.2, 0) is 11.3 Å². The molecule has 0 spiro atoms. The molecule has 1 atom stereocenters. The number of carboxylic acid groups (broad SMARTS) is 1. The minimum atomic E-state index is -0.769. The topological polar surface area (TPSA) is 40.5 Å². The molecule has 1 N–H and O–H groups in total. The zero-order chi connectivity index (χ0) is 13.0. The fraction of sp³-hybridized carbons (Fsp3) is 0.462. The molecule has 0 bridgehead atoms. The second-order valence-corrected chi connectivity index (χ2v) is 5.39. The predicted molar refractivity (Wildman–Crippen MR) is 71.9 cm³/mol. The summed E-state index contributed by atoms with van der Waals surface area (Å²) < 4.78 is 1.01. The van der Waals surface area contributed by atoms with Crippen LogP contribution in [0.4, 0.5) is 0 Å². The monoisotopic (exact) mass is 299 g/mol. The summed E-state index contributed by atoms with van der Waals surface area (Å²) in [5, 5.41) is 9.21. The van der Waals surface area contributed by atoms with E-state index in [2.05, 4.69) is 15.9 Å². The summed E-state index contributed by atoms with van der Waals surface area (Å²) in [7, 11) is 1.85. The van der Waals surface area contributed by atoms with Gasteiger partial charge >= 0.3 is 5.97 Å². The first kappa shape index (κ1) is 14.2. The van der Waals surface area contributed by atoms with Crippen molar-refractivity contribution in [3.8, 4) is 0 Å². The van der Waals surface area contributed by atoms with E-state index < -0.39 is 12.0 Å². The lowest BCUT2D eigenvalue weighted by atomic mass is 10.0. The van der Waals surface area contributed by atoms with E-state index in [9.17, 15) is 9.90 Å². The van der Waals surface area contributed by atoms with Gasteiger partial charge in [-0.2, -0.15) is 0 Å². The fourth-order valence-corrected chi connectivity index (χ4v) is 2.39. The van der Waals surface area contributed by atoms with Gasteiger partial charge in [0, 0.05) is 11.0 Å².